The normalized spacial score (nSPS) is 13.1. The van der Waals surface area contributed by atoms with Crippen LogP contribution in [0.15, 0.2) is 60.7 Å². The van der Waals surface area contributed by atoms with Crippen LogP contribution >= 0.6 is 0 Å². The standard InChI is InChI=1S/C19H23NO/c1-4-18(20(2)3)19(15-21,16-11-7-5-8-12-16)17-13-9-6-10-14-17/h5-15,18H,4H2,1-3H3. The molecule has 2 aromatic rings. The average molecular weight is 281 g/mol. The van der Waals surface area contributed by atoms with E-state index in [1.807, 2.05) is 74.8 Å². The quantitative estimate of drug-likeness (QED) is 0.755. The minimum absolute atomic E-state index is 0.111. The third kappa shape index (κ3) is 2.77. The van der Waals surface area contributed by atoms with Gasteiger partial charge in [0.05, 0.1) is 5.41 Å². The van der Waals surface area contributed by atoms with E-state index < -0.39 is 5.41 Å². The maximum Gasteiger partial charge on any atom is 0.136 e. The van der Waals surface area contributed by atoms with Crippen molar-refractivity contribution in [1.29, 1.82) is 0 Å². The second-order valence-corrected chi connectivity index (χ2v) is 5.61. The lowest BCUT2D eigenvalue weighted by Gasteiger charge is -2.40. The van der Waals surface area contributed by atoms with Gasteiger partial charge in [-0.15, -0.1) is 0 Å². The van der Waals surface area contributed by atoms with Crippen molar-refractivity contribution < 1.29 is 4.79 Å². The van der Waals surface area contributed by atoms with Gasteiger partial charge < -0.3 is 9.69 Å². The molecular weight excluding hydrogens is 258 g/mol. The highest BCUT2D eigenvalue weighted by Crippen LogP contribution is 2.37. The zero-order valence-corrected chi connectivity index (χ0v) is 13.0. The van der Waals surface area contributed by atoms with E-state index in [0.717, 1.165) is 23.8 Å². The first-order valence-corrected chi connectivity index (χ1v) is 7.40. The summed E-state index contributed by atoms with van der Waals surface area (Å²) in [5.41, 5.74) is 1.46. The molecule has 0 heterocycles. The summed E-state index contributed by atoms with van der Waals surface area (Å²) in [6.07, 6.45) is 2.02. The zero-order valence-electron chi connectivity index (χ0n) is 13.0. The minimum atomic E-state index is -0.638. The number of carbonyl (C=O) groups is 1. The summed E-state index contributed by atoms with van der Waals surface area (Å²) >= 11 is 0. The molecule has 110 valence electrons. The fraction of sp³-hybridized carbons (Fsp3) is 0.316. The first-order valence-electron chi connectivity index (χ1n) is 7.40. The van der Waals surface area contributed by atoms with Crippen LogP contribution in [0.4, 0.5) is 0 Å². The predicted octanol–water partition coefficient (Wildman–Crippen LogP) is 3.51. The molecule has 1 atom stereocenters. The zero-order chi connectivity index (χ0) is 15.3. The van der Waals surface area contributed by atoms with Crippen molar-refractivity contribution in [1.82, 2.24) is 4.90 Å². The number of carbonyl (C=O) groups excluding carboxylic acids is 1. The molecule has 2 aromatic carbocycles. The predicted molar refractivity (Wildman–Crippen MR) is 87.5 cm³/mol. The Morgan fingerprint density at radius 2 is 1.38 bits per heavy atom. The molecule has 0 radical (unpaired) electrons. The Morgan fingerprint density at radius 3 is 1.67 bits per heavy atom. The van der Waals surface area contributed by atoms with Gasteiger partial charge in [0.2, 0.25) is 0 Å². The van der Waals surface area contributed by atoms with Gasteiger partial charge in [0.15, 0.2) is 0 Å². The lowest BCUT2D eigenvalue weighted by Crippen LogP contribution is -2.49. The first-order chi connectivity index (χ1) is 10.2. The van der Waals surface area contributed by atoms with E-state index in [9.17, 15) is 4.79 Å². The van der Waals surface area contributed by atoms with Crippen molar-refractivity contribution in [3.8, 4) is 0 Å². The molecule has 2 rings (SSSR count). The molecule has 0 N–H and O–H groups in total. The maximum absolute atomic E-state index is 12.3. The van der Waals surface area contributed by atoms with Crippen molar-refractivity contribution in [3.05, 3.63) is 71.8 Å². The largest absolute Gasteiger partial charge is 0.305 e. The van der Waals surface area contributed by atoms with Crippen molar-refractivity contribution in [3.63, 3.8) is 0 Å². The third-order valence-electron chi connectivity index (χ3n) is 4.22. The molecule has 2 nitrogen and oxygen atoms in total. The van der Waals surface area contributed by atoms with Crippen molar-refractivity contribution >= 4 is 6.29 Å². The van der Waals surface area contributed by atoms with Crippen LogP contribution in [-0.4, -0.2) is 31.3 Å². The van der Waals surface area contributed by atoms with Crippen LogP contribution in [0.5, 0.6) is 0 Å². The fourth-order valence-electron chi connectivity index (χ4n) is 3.29. The lowest BCUT2D eigenvalue weighted by molar-refractivity contribution is -0.113. The Kier molecular flexibility index (Phi) is 4.92. The molecule has 0 aliphatic rings. The summed E-state index contributed by atoms with van der Waals surface area (Å²) in [5, 5.41) is 0. The van der Waals surface area contributed by atoms with Gasteiger partial charge in [0, 0.05) is 6.04 Å². The topological polar surface area (TPSA) is 20.3 Å². The molecule has 0 aromatic heterocycles. The SMILES string of the molecule is CCC(N(C)C)C(C=O)(c1ccccc1)c1ccccc1. The Balaban J connectivity index is 2.71. The van der Waals surface area contributed by atoms with Gasteiger partial charge in [0.25, 0.3) is 0 Å². The van der Waals surface area contributed by atoms with Gasteiger partial charge in [-0.3, -0.25) is 0 Å². The number of hydrogen-bond donors (Lipinski definition) is 0. The van der Waals surface area contributed by atoms with Gasteiger partial charge in [-0.1, -0.05) is 67.6 Å². The minimum Gasteiger partial charge on any atom is -0.305 e. The highest BCUT2D eigenvalue weighted by molar-refractivity contribution is 5.76. The van der Waals surface area contributed by atoms with Crippen LogP contribution in [0.1, 0.15) is 24.5 Å². The van der Waals surface area contributed by atoms with E-state index >= 15 is 0 Å². The summed E-state index contributed by atoms with van der Waals surface area (Å²) in [4.78, 5) is 14.5. The molecule has 0 fully saturated rings. The Morgan fingerprint density at radius 1 is 0.952 bits per heavy atom. The van der Waals surface area contributed by atoms with Crippen molar-refractivity contribution in [2.75, 3.05) is 14.1 Å². The lowest BCUT2D eigenvalue weighted by atomic mass is 9.69. The Hall–Kier alpha value is -1.93. The molecule has 0 saturated carbocycles. The van der Waals surface area contributed by atoms with Crippen LogP contribution in [0.2, 0.25) is 0 Å². The molecule has 0 saturated heterocycles. The summed E-state index contributed by atoms with van der Waals surface area (Å²) in [6.45, 7) is 2.13. The van der Waals surface area contributed by atoms with Crippen LogP contribution in [0.3, 0.4) is 0 Å². The third-order valence-corrected chi connectivity index (χ3v) is 4.22. The second kappa shape index (κ2) is 6.68. The van der Waals surface area contributed by atoms with Crippen molar-refractivity contribution in [2.24, 2.45) is 0 Å². The summed E-state index contributed by atoms with van der Waals surface area (Å²) in [7, 11) is 4.08. The van der Waals surface area contributed by atoms with Crippen LogP contribution < -0.4 is 0 Å². The van der Waals surface area contributed by atoms with Gasteiger partial charge in [-0.05, 0) is 31.6 Å². The van der Waals surface area contributed by atoms with E-state index in [1.165, 1.54) is 0 Å². The summed E-state index contributed by atoms with van der Waals surface area (Å²) in [5.74, 6) is 0. The molecule has 2 heteroatoms. The molecule has 1 unspecified atom stereocenters. The van der Waals surface area contributed by atoms with Crippen LogP contribution in [-0.2, 0) is 10.2 Å². The smallest absolute Gasteiger partial charge is 0.136 e. The van der Waals surface area contributed by atoms with Crippen LogP contribution in [0, 0.1) is 0 Å². The highest BCUT2D eigenvalue weighted by Gasteiger charge is 2.42. The molecule has 0 aliphatic carbocycles. The number of aldehydes is 1. The van der Waals surface area contributed by atoms with E-state index in [2.05, 4.69) is 11.8 Å². The summed E-state index contributed by atoms with van der Waals surface area (Å²) in [6, 6.07) is 20.3. The fourth-order valence-corrected chi connectivity index (χ4v) is 3.29. The first kappa shape index (κ1) is 15.5. The van der Waals surface area contributed by atoms with E-state index in [1.54, 1.807) is 0 Å². The molecule has 21 heavy (non-hydrogen) atoms. The van der Waals surface area contributed by atoms with Gasteiger partial charge in [0.1, 0.15) is 6.29 Å². The van der Waals surface area contributed by atoms with Gasteiger partial charge in [-0.25, -0.2) is 0 Å². The summed E-state index contributed by atoms with van der Waals surface area (Å²) < 4.78 is 0. The number of benzene rings is 2. The van der Waals surface area contributed by atoms with Crippen molar-refractivity contribution in [2.45, 2.75) is 24.8 Å². The molecule has 0 amide bonds. The maximum atomic E-state index is 12.3. The number of rotatable bonds is 6. The monoisotopic (exact) mass is 281 g/mol. The van der Waals surface area contributed by atoms with E-state index in [0.29, 0.717) is 0 Å². The van der Waals surface area contributed by atoms with Gasteiger partial charge >= 0.3 is 0 Å². The van der Waals surface area contributed by atoms with E-state index in [-0.39, 0.29) is 6.04 Å². The van der Waals surface area contributed by atoms with Gasteiger partial charge in [-0.2, -0.15) is 0 Å². The molecule has 0 spiro atoms. The van der Waals surface area contributed by atoms with Crippen LogP contribution in [0.25, 0.3) is 0 Å². The Bertz CT molecular complexity index is 523. The number of likely N-dealkylation sites (N-methyl/N-ethyl adjacent to an activating group) is 1. The number of hydrogen-bond acceptors (Lipinski definition) is 2. The van der Waals surface area contributed by atoms with E-state index in [4.69, 9.17) is 0 Å². The second-order valence-electron chi connectivity index (χ2n) is 5.61. The average Bonchev–Trinajstić information content (AvgIpc) is 2.54. The number of nitrogens with zero attached hydrogens (tertiary/aromatic N) is 1. The Labute approximate surface area is 127 Å². The molecule has 0 aliphatic heterocycles. The molecule has 0 bridgehead atoms. The molecular formula is C19H23NO. The highest BCUT2D eigenvalue weighted by atomic mass is 16.1.